The largest absolute Gasteiger partial charge is 0.390 e. The molecule has 1 atom stereocenters. The number of thiophene rings is 1. The quantitative estimate of drug-likeness (QED) is 0.728. The average molecular weight is 402 g/mol. The minimum atomic E-state index is -0.516. The van der Waals surface area contributed by atoms with Crippen molar-refractivity contribution in [2.24, 2.45) is 5.41 Å². The molecule has 1 saturated heterocycles. The predicted octanol–water partition coefficient (Wildman–Crippen LogP) is 5.59. The average Bonchev–Trinajstić information content (AvgIpc) is 3.04. The molecule has 5 heteroatoms. The highest BCUT2D eigenvalue weighted by Gasteiger charge is 2.32. The van der Waals surface area contributed by atoms with Gasteiger partial charge in [0.1, 0.15) is 10.7 Å². The summed E-state index contributed by atoms with van der Waals surface area (Å²) in [4.78, 5) is 14.8. The molecular weight excluding hydrogens is 366 g/mol. The number of fused-ring (bicyclic) bond motifs is 1. The molecule has 1 aliphatic heterocycles. The minimum absolute atomic E-state index is 0.257. The number of piperidine rings is 1. The molecule has 2 aromatic heterocycles. The Bertz CT molecular complexity index is 837. The first-order valence-electron chi connectivity index (χ1n) is 10.9. The molecule has 1 N–H and O–H groups in total. The summed E-state index contributed by atoms with van der Waals surface area (Å²) in [7, 11) is 0. The first-order valence-corrected chi connectivity index (χ1v) is 11.7. The van der Waals surface area contributed by atoms with Crippen LogP contribution >= 0.6 is 11.3 Å². The smallest absolute Gasteiger partial charge is 0.127 e. The summed E-state index contributed by atoms with van der Waals surface area (Å²) in [5, 5.41) is 11.5. The second-order valence-electron chi connectivity index (χ2n) is 10.2. The molecule has 3 heterocycles. The Balaban J connectivity index is 1.61. The van der Waals surface area contributed by atoms with Crippen molar-refractivity contribution in [1.82, 2.24) is 14.9 Å². The van der Waals surface area contributed by atoms with Crippen molar-refractivity contribution in [1.29, 1.82) is 0 Å². The van der Waals surface area contributed by atoms with Gasteiger partial charge < -0.3 is 5.11 Å². The molecule has 1 aliphatic carbocycles. The summed E-state index contributed by atoms with van der Waals surface area (Å²) in [5.41, 5.74) is 1.15. The van der Waals surface area contributed by atoms with E-state index in [1.54, 1.807) is 0 Å². The van der Waals surface area contributed by atoms with Gasteiger partial charge in [0, 0.05) is 29.4 Å². The summed E-state index contributed by atoms with van der Waals surface area (Å²) in [6.45, 7) is 12.9. The Morgan fingerprint density at radius 3 is 2.39 bits per heavy atom. The van der Waals surface area contributed by atoms with E-state index in [2.05, 4.69) is 31.7 Å². The van der Waals surface area contributed by atoms with Gasteiger partial charge >= 0.3 is 0 Å². The standard InChI is InChI=1S/C23H35N3OS/c1-15(26-12-10-23(5,27)11-13-26)20-18-14-19(28-21(18)25-16(2)24-20)17-6-8-22(3,4)9-7-17/h14-15,17,27H,6-13H2,1-5H3. The Labute approximate surface area is 173 Å². The zero-order chi connectivity index (χ0) is 20.1. The van der Waals surface area contributed by atoms with Crippen LogP contribution in [0.3, 0.4) is 0 Å². The van der Waals surface area contributed by atoms with Crippen LogP contribution in [0.4, 0.5) is 0 Å². The maximum Gasteiger partial charge on any atom is 0.127 e. The molecule has 28 heavy (non-hydrogen) atoms. The number of likely N-dealkylation sites (tertiary alicyclic amines) is 1. The van der Waals surface area contributed by atoms with E-state index in [9.17, 15) is 5.11 Å². The molecule has 2 aromatic rings. The highest BCUT2D eigenvalue weighted by Crippen LogP contribution is 2.45. The number of aliphatic hydroxyl groups is 1. The van der Waals surface area contributed by atoms with Crippen LogP contribution in [0.5, 0.6) is 0 Å². The fourth-order valence-corrected chi connectivity index (χ4v) is 6.10. The predicted molar refractivity (Wildman–Crippen MR) is 117 cm³/mol. The highest BCUT2D eigenvalue weighted by molar-refractivity contribution is 7.18. The number of rotatable bonds is 3. The van der Waals surface area contributed by atoms with E-state index < -0.39 is 5.60 Å². The van der Waals surface area contributed by atoms with Gasteiger partial charge in [-0.05, 0) is 76.7 Å². The van der Waals surface area contributed by atoms with Crippen molar-refractivity contribution in [2.75, 3.05) is 13.1 Å². The Hall–Kier alpha value is -1.04. The van der Waals surface area contributed by atoms with E-state index >= 15 is 0 Å². The normalized spacial score (nSPS) is 24.5. The third-order valence-corrected chi connectivity index (χ3v) is 8.30. The van der Waals surface area contributed by atoms with E-state index in [1.165, 1.54) is 41.6 Å². The summed E-state index contributed by atoms with van der Waals surface area (Å²) in [5.74, 6) is 1.55. The van der Waals surface area contributed by atoms with Crippen molar-refractivity contribution in [2.45, 2.75) is 90.7 Å². The van der Waals surface area contributed by atoms with Gasteiger partial charge in [-0.1, -0.05) is 13.8 Å². The van der Waals surface area contributed by atoms with Crippen molar-refractivity contribution in [3.05, 3.63) is 22.5 Å². The molecule has 0 amide bonds. The summed E-state index contributed by atoms with van der Waals surface area (Å²) >= 11 is 1.89. The van der Waals surface area contributed by atoms with Gasteiger partial charge in [-0.25, -0.2) is 9.97 Å². The van der Waals surface area contributed by atoms with Gasteiger partial charge in [-0.3, -0.25) is 4.90 Å². The van der Waals surface area contributed by atoms with Gasteiger partial charge in [0.2, 0.25) is 0 Å². The van der Waals surface area contributed by atoms with Gasteiger partial charge in [0.15, 0.2) is 0 Å². The Kier molecular flexibility index (Phi) is 5.30. The third-order valence-electron chi connectivity index (χ3n) is 7.11. The van der Waals surface area contributed by atoms with Crippen LogP contribution in [0.25, 0.3) is 10.2 Å². The van der Waals surface area contributed by atoms with Crippen LogP contribution < -0.4 is 0 Å². The van der Waals surface area contributed by atoms with Crippen LogP contribution in [0, 0.1) is 12.3 Å². The Morgan fingerprint density at radius 2 is 1.75 bits per heavy atom. The van der Waals surface area contributed by atoms with E-state index in [-0.39, 0.29) is 6.04 Å². The van der Waals surface area contributed by atoms with E-state index in [1.807, 2.05) is 25.2 Å². The van der Waals surface area contributed by atoms with Crippen LogP contribution in [-0.2, 0) is 0 Å². The topological polar surface area (TPSA) is 49.2 Å². The molecule has 1 unspecified atom stereocenters. The molecule has 1 saturated carbocycles. The molecule has 0 bridgehead atoms. The third kappa shape index (κ3) is 4.12. The second-order valence-corrected chi connectivity index (χ2v) is 11.2. The number of hydrogen-bond donors (Lipinski definition) is 1. The minimum Gasteiger partial charge on any atom is -0.390 e. The van der Waals surface area contributed by atoms with Crippen molar-refractivity contribution in [3.8, 4) is 0 Å². The number of nitrogens with zero attached hydrogens (tertiary/aromatic N) is 3. The van der Waals surface area contributed by atoms with Crippen molar-refractivity contribution >= 4 is 21.6 Å². The van der Waals surface area contributed by atoms with Crippen LogP contribution in [-0.4, -0.2) is 38.7 Å². The molecule has 0 radical (unpaired) electrons. The summed E-state index contributed by atoms with van der Waals surface area (Å²) in [6, 6.07) is 2.65. The number of aromatic nitrogens is 2. The van der Waals surface area contributed by atoms with Gasteiger partial charge in [0.05, 0.1) is 11.3 Å². The summed E-state index contributed by atoms with van der Waals surface area (Å²) < 4.78 is 0. The molecule has 4 rings (SSSR count). The van der Waals surface area contributed by atoms with Crippen molar-refractivity contribution < 1.29 is 5.11 Å². The van der Waals surface area contributed by atoms with Gasteiger partial charge in [-0.2, -0.15) is 0 Å². The maximum atomic E-state index is 10.3. The molecule has 4 nitrogen and oxygen atoms in total. The highest BCUT2D eigenvalue weighted by atomic mass is 32.1. The van der Waals surface area contributed by atoms with E-state index in [4.69, 9.17) is 9.97 Å². The Morgan fingerprint density at radius 1 is 1.11 bits per heavy atom. The van der Waals surface area contributed by atoms with E-state index in [0.29, 0.717) is 11.3 Å². The number of hydrogen-bond acceptors (Lipinski definition) is 5. The maximum absolute atomic E-state index is 10.3. The molecule has 0 aromatic carbocycles. The monoisotopic (exact) mass is 401 g/mol. The zero-order valence-electron chi connectivity index (χ0n) is 18.1. The molecule has 2 aliphatic rings. The zero-order valence-corrected chi connectivity index (χ0v) is 18.9. The first-order chi connectivity index (χ1) is 13.1. The first kappa shape index (κ1) is 20.2. The van der Waals surface area contributed by atoms with E-state index in [0.717, 1.165) is 36.6 Å². The lowest BCUT2D eigenvalue weighted by atomic mass is 9.73. The van der Waals surface area contributed by atoms with Crippen molar-refractivity contribution in [3.63, 3.8) is 0 Å². The lowest BCUT2D eigenvalue weighted by Crippen LogP contribution is -2.43. The van der Waals surface area contributed by atoms with Crippen LogP contribution in [0.1, 0.15) is 94.6 Å². The second kappa shape index (κ2) is 7.33. The lowest BCUT2D eigenvalue weighted by Gasteiger charge is -2.38. The summed E-state index contributed by atoms with van der Waals surface area (Å²) in [6.07, 6.45) is 6.87. The molecule has 0 spiro atoms. The van der Waals surface area contributed by atoms with Crippen LogP contribution in [0.2, 0.25) is 0 Å². The van der Waals surface area contributed by atoms with Gasteiger partial charge in [-0.15, -0.1) is 11.3 Å². The van der Waals surface area contributed by atoms with Gasteiger partial charge in [0.25, 0.3) is 0 Å². The molecular formula is C23H35N3OS. The number of aryl methyl sites for hydroxylation is 1. The fourth-order valence-electron chi connectivity index (χ4n) is 4.84. The fraction of sp³-hybridized carbons (Fsp3) is 0.739. The van der Waals surface area contributed by atoms with Crippen LogP contribution in [0.15, 0.2) is 6.07 Å². The SMILES string of the molecule is Cc1nc(C(C)N2CCC(C)(O)CC2)c2cc(C3CCC(C)(C)CC3)sc2n1. The lowest BCUT2D eigenvalue weighted by molar-refractivity contribution is -0.0152. The molecule has 2 fully saturated rings. The molecule has 154 valence electrons.